The summed E-state index contributed by atoms with van der Waals surface area (Å²) < 4.78 is 6.41. The van der Waals surface area contributed by atoms with Gasteiger partial charge < -0.3 is 10.1 Å². The van der Waals surface area contributed by atoms with Gasteiger partial charge in [-0.2, -0.15) is 5.26 Å². The zero-order valence-corrected chi connectivity index (χ0v) is 21.3. The van der Waals surface area contributed by atoms with Gasteiger partial charge >= 0.3 is 0 Å². The van der Waals surface area contributed by atoms with Gasteiger partial charge in [0.05, 0.1) is 15.5 Å². The van der Waals surface area contributed by atoms with Crippen LogP contribution in [0.25, 0.3) is 6.08 Å². The van der Waals surface area contributed by atoms with Crippen molar-refractivity contribution in [2.45, 2.75) is 19.6 Å². The quantitative estimate of drug-likeness (QED) is 0.236. The summed E-state index contributed by atoms with van der Waals surface area (Å²) in [5.74, 6) is -0.0562. The minimum absolute atomic E-state index is 0.0395. The molecule has 0 fully saturated rings. The van der Waals surface area contributed by atoms with E-state index in [1.807, 2.05) is 43.3 Å². The average molecular weight is 565 g/mol. The number of carbonyl (C=O) groups is 1. The molecule has 3 aromatic rings. The lowest BCUT2D eigenvalue weighted by Crippen LogP contribution is -2.27. The van der Waals surface area contributed by atoms with Crippen LogP contribution in [0.1, 0.15) is 29.7 Å². The number of benzene rings is 3. The molecule has 0 heterocycles. The second-order valence-electron chi connectivity index (χ2n) is 7.11. The second kappa shape index (κ2) is 11.6. The lowest BCUT2D eigenvalue weighted by Gasteiger charge is -2.14. The van der Waals surface area contributed by atoms with E-state index in [1.165, 1.54) is 6.08 Å². The van der Waals surface area contributed by atoms with Crippen molar-refractivity contribution >= 4 is 62.7 Å². The van der Waals surface area contributed by atoms with Gasteiger partial charge in [0.1, 0.15) is 18.2 Å². The normalized spacial score (nSPS) is 12.1. The van der Waals surface area contributed by atoms with Crippen LogP contribution in [0, 0.1) is 11.3 Å². The molecule has 0 unspecified atom stereocenters. The summed E-state index contributed by atoms with van der Waals surface area (Å²) in [7, 11) is 0. The van der Waals surface area contributed by atoms with Gasteiger partial charge in [-0.25, -0.2) is 0 Å². The summed E-state index contributed by atoms with van der Waals surface area (Å²) in [4.78, 5) is 12.6. The van der Waals surface area contributed by atoms with E-state index >= 15 is 0 Å². The van der Waals surface area contributed by atoms with Crippen LogP contribution < -0.4 is 10.1 Å². The fraction of sp³-hybridized carbons (Fsp3) is 0.120. The van der Waals surface area contributed by atoms with Crippen LogP contribution in [0.15, 0.2) is 70.7 Å². The maximum Gasteiger partial charge on any atom is 0.262 e. The zero-order chi connectivity index (χ0) is 24.0. The van der Waals surface area contributed by atoms with E-state index in [0.29, 0.717) is 30.9 Å². The summed E-state index contributed by atoms with van der Waals surface area (Å²) in [5.41, 5.74) is 2.23. The number of nitrogens with one attached hydrogen (secondary N) is 1. The molecule has 0 aliphatic carbocycles. The van der Waals surface area contributed by atoms with Crippen molar-refractivity contribution in [2.75, 3.05) is 0 Å². The minimum atomic E-state index is -0.473. The highest BCUT2D eigenvalue weighted by Gasteiger charge is 2.15. The minimum Gasteiger partial charge on any atom is -0.486 e. The average Bonchev–Trinajstić information content (AvgIpc) is 2.78. The molecule has 3 aromatic carbocycles. The van der Waals surface area contributed by atoms with Crippen LogP contribution in [0.3, 0.4) is 0 Å². The first-order valence-electron chi connectivity index (χ1n) is 9.82. The van der Waals surface area contributed by atoms with E-state index in [1.54, 1.807) is 30.3 Å². The molecule has 0 radical (unpaired) electrons. The molecule has 168 valence electrons. The first kappa shape index (κ1) is 25.1. The van der Waals surface area contributed by atoms with Crippen molar-refractivity contribution < 1.29 is 9.53 Å². The number of rotatable bonds is 7. The van der Waals surface area contributed by atoms with Crippen LogP contribution in [-0.4, -0.2) is 5.91 Å². The van der Waals surface area contributed by atoms with Crippen molar-refractivity contribution in [3.8, 4) is 11.8 Å². The Bertz CT molecular complexity index is 1220. The lowest BCUT2D eigenvalue weighted by atomic mass is 10.1. The van der Waals surface area contributed by atoms with Crippen LogP contribution in [0.4, 0.5) is 0 Å². The summed E-state index contributed by atoms with van der Waals surface area (Å²) in [5, 5.41) is 13.7. The number of nitriles is 1. The first-order chi connectivity index (χ1) is 15.8. The fourth-order valence-corrected chi connectivity index (χ4v) is 4.46. The monoisotopic (exact) mass is 562 g/mol. The number of nitrogens with zero attached hydrogens (tertiary/aromatic N) is 1. The van der Waals surface area contributed by atoms with Gasteiger partial charge in [0.15, 0.2) is 5.75 Å². The summed E-state index contributed by atoms with van der Waals surface area (Å²) >= 11 is 22.0. The number of ether oxygens (including phenoxy) is 1. The predicted molar refractivity (Wildman–Crippen MR) is 137 cm³/mol. The molecule has 33 heavy (non-hydrogen) atoms. The zero-order valence-electron chi connectivity index (χ0n) is 17.4. The molecular weight excluding hydrogens is 547 g/mol. The lowest BCUT2D eigenvalue weighted by molar-refractivity contribution is -0.117. The van der Waals surface area contributed by atoms with E-state index in [4.69, 9.17) is 39.5 Å². The van der Waals surface area contributed by atoms with Gasteiger partial charge in [0.2, 0.25) is 0 Å². The molecule has 1 amide bonds. The van der Waals surface area contributed by atoms with Crippen molar-refractivity contribution in [1.29, 1.82) is 5.26 Å². The maximum absolute atomic E-state index is 12.6. The fourth-order valence-electron chi connectivity index (χ4n) is 3.00. The Labute approximate surface area is 215 Å². The number of amides is 1. The summed E-state index contributed by atoms with van der Waals surface area (Å²) in [6, 6.07) is 19.7. The molecular formula is C25H18BrCl3N2O2. The summed E-state index contributed by atoms with van der Waals surface area (Å²) in [6.45, 7) is 2.04. The van der Waals surface area contributed by atoms with E-state index in [9.17, 15) is 10.1 Å². The Kier molecular flexibility index (Phi) is 8.82. The first-order valence-corrected chi connectivity index (χ1v) is 11.7. The SMILES string of the molecule is C[C@@H](NC(=O)/C(C#N)=C\c1cc(Cl)c(OCc2ccc(Cl)cc2Cl)c(Br)c1)c1ccccc1. The highest BCUT2D eigenvalue weighted by molar-refractivity contribution is 9.10. The largest absolute Gasteiger partial charge is 0.486 e. The topological polar surface area (TPSA) is 62.1 Å². The Hall–Kier alpha value is -2.49. The third-order valence-corrected chi connectivity index (χ3v) is 6.19. The molecule has 3 rings (SSSR count). The molecule has 8 heteroatoms. The highest BCUT2D eigenvalue weighted by atomic mass is 79.9. The van der Waals surface area contributed by atoms with Gasteiger partial charge in [-0.15, -0.1) is 0 Å². The predicted octanol–water partition coefficient (Wildman–Crippen LogP) is 7.77. The molecule has 1 atom stereocenters. The van der Waals surface area contributed by atoms with Crippen molar-refractivity contribution in [3.05, 3.63) is 102 Å². The molecule has 0 aromatic heterocycles. The van der Waals surface area contributed by atoms with Crippen molar-refractivity contribution in [1.82, 2.24) is 5.32 Å². The van der Waals surface area contributed by atoms with E-state index in [0.717, 1.165) is 11.1 Å². The number of carbonyl (C=O) groups excluding carboxylic acids is 1. The van der Waals surface area contributed by atoms with Gasteiger partial charge in [0, 0.05) is 15.6 Å². The Morgan fingerprint density at radius 1 is 1.12 bits per heavy atom. The highest BCUT2D eigenvalue weighted by Crippen LogP contribution is 2.36. The third-order valence-electron chi connectivity index (χ3n) is 4.73. The number of halogens is 4. The van der Waals surface area contributed by atoms with Crippen LogP contribution in [-0.2, 0) is 11.4 Å². The molecule has 0 saturated heterocycles. The molecule has 0 saturated carbocycles. The Balaban J connectivity index is 1.75. The molecule has 1 N–H and O–H groups in total. The smallest absolute Gasteiger partial charge is 0.262 e. The second-order valence-corrected chi connectivity index (χ2v) is 9.22. The van der Waals surface area contributed by atoms with Gasteiger partial charge in [-0.05, 0) is 64.3 Å². The van der Waals surface area contributed by atoms with Gasteiger partial charge in [-0.1, -0.05) is 71.2 Å². The van der Waals surface area contributed by atoms with Crippen molar-refractivity contribution in [3.63, 3.8) is 0 Å². The van der Waals surface area contributed by atoms with E-state index < -0.39 is 5.91 Å². The molecule has 0 bridgehead atoms. The Morgan fingerprint density at radius 2 is 1.85 bits per heavy atom. The molecule has 4 nitrogen and oxygen atoms in total. The van der Waals surface area contributed by atoms with E-state index in [2.05, 4.69) is 21.2 Å². The number of hydrogen-bond donors (Lipinski definition) is 1. The molecule has 0 aliphatic rings. The van der Waals surface area contributed by atoms with Crippen LogP contribution in [0.2, 0.25) is 15.1 Å². The van der Waals surface area contributed by atoms with Crippen molar-refractivity contribution in [2.24, 2.45) is 0 Å². The van der Waals surface area contributed by atoms with E-state index in [-0.39, 0.29) is 18.2 Å². The third kappa shape index (κ3) is 6.75. The van der Waals surface area contributed by atoms with Crippen LogP contribution in [0.5, 0.6) is 5.75 Å². The molecule has 0 spiro atoms. The number of hydrogen-bond acceptors (Lipinski definition) is 3. The molecule has 0 aliphatic heterocycles. The Morgan fingerprint density at radius 3 is 2.48 bits per heavy atom. The van der Waals surface area contributed by atoms with Gasteiger partial charge in [-0.3, -0.25) is 4.79 Å². The van der Waals surface area contributed by atoms with Crippen LogP contribution >= 0.6 is 50.7 Å². The van der Waals surface area contributed by atoms with Gasteiger partial charge in [0.25, 0.3) is 5.91 Å². The maximum atomic E-state index is 12.6. The summed E-state index contributed by atoms with van der Waals surface area (Å²) in [6.07, 6.45) is 1.48. The standard InChI is InChI=1S/C25H18BrCl3N2O2/c1-15(17-5-3-2-4-6-17)31-25(32)19(13-30)9-16-10-21(26)24(23(29)11-16)33-14-18-7-8-20(27)12-22(18)28/h2-12,15H,14H2,1H3,(H,31,32)/b19-9-/t15-/m1/s1.